The highest BCUT2D eigenvalue weighted by Gasteiger charge is 1.58. The van der Waals surface area contributed by atoms with Gasteiger partial charge >= 0.3 is 0 Å². The summed E-state index contributed by atoms with van der Waals surface area (Å²) in [5, 5.41) is 10.1. The molecule has 0 rings (SSSR count). The smallest absolute Gasteiger partial charge is 0.0258 e. The summed E-state index contributed by atoms with van der Waals surface area (Å²) in [5.74, 6) is 0. The highest BCUT2D eigenvalue weighted by atomic mass is 15.5. The number of hydrogen-bond donors (Lipinski definition) is 1. The van der Waals surface area contributed by atoms with Crippen molar-refractivity contribution in [2.75, 3.05) is 0 Å². The second kappa shape index (κ2) is 5.81. The normalized spacial score (nSPS) is 10.6. The van der Waals surface area contributed by atoms with Gasteiger partial charge < -0.3 is 0 Å². The van der Waals surface area contributed by atoms with Gasteiger partial charge in [-0.15, -0.1) is 5.10 Å². The Morgan fingerprint density at radius 1 is 1.62 bits per heavy atom. The first-order valence-electron chi connectivity index (χ1n) is 2.16. The molecule has 0 aliphatic carbocycles. The van der Waals surface area contributed by atoms with Crippen molar-refractivity contribution in [2.24, 2.45) is 15.5 Å². The van der Waals surface area contributed by atoms with Crippen LogP contribution in [0.25, 0.3) is 0 Å². The molecule has 0 amide bonds. The van der Waals surface area contributed by atoms with Crippen LogP contribution in [-0.2, 0) is 0 Å². The van der Waals surface area contributed by atoms with E-state index in [1.807, 2.05) is 0 Å². The monoisotopic (exact) mass is 112 g/mol. The Labute approximate surface area is 48.0 Å². The molecule has 0 aromatic carbocycles. The van der Waals surface area contributed by atoms with Crippen LogP contribution >= 0.6 is 0 Å². The van der Waals surface area contributed by atoms with Crippen molar-refractivity contribution in [1.29, 1.82) is 0 Å². The Morgan fingerprint density at radius 3 is 2.88 bits per heavy atom. The summed E-state index contributed by atoms with van der Waals surface area (Å²) in [6.07, 6.45) is 2.95. The van der Waals surface area contributed by atoms with Crippen LogP contribution in [0, 0.1) is 0 Å². The summed E-state index contributed by atoms with van der Waals surface area (Å²) in [6, 6.07) is 0. The minimum atomic E-state index is 1.41. The van der Waals surface area contributed by atoms with Crippen molar-refractivity contribution in [3.8, 4) is 0 Å². The van der Waals surface area contributed by atoms with Gasteiger partial charge in [0.1, 0.15) is 0 Å². The SMILES string of the molecule is C=CN/N=N\N=C\C. The van der Waals surface area contributed by atoms with Crippen LogP contribution in [0.5, 0.6) is 0 Å². The van der Waals surface area contributed by atoms with E-state index in [2.05, 4.69) is 27.6 Å². The van der Waals surface area contributed by atoms with Crippen LogP contribution < -0.4 is 5.43 Å². The maximum absolute atomic E-state index is 3.43. The lowest BCUT2D eigenvalue weighted by molar-refractivity contribution is 0.827. The Balaban J connectivity index is 3.19. The first kappa shape index (κ1) is 6.81. The van der Waals surface area contributed by atoms with Gasteiger partial charge in [0.15, 0.2) is 0 Å². The van der Waals surface area contributed by atoms with Gasteiger partial charge in [-0.2, -0.15) is 0 Å². The molecule has 0 aliphatic rings. The van der Waals surface area contributed by atoms with Crippen LogP contribution in [0.4, 0.5) is 0 Å². The van der Waals surface area contributed by atoms with E-state index in [0.717, 1.165) is 0 Å². The third-order valence-corrected chi connectivity index (χ3v) is 0.361. The Bertz CT molecular complexity index is 105. The molecule has 44 valence electrons. The van der Waals surface area contributed by atoms with Gasteiger partial charge in [0, 0.05) is 12.4 Å². The standard InChI is InChI=1S/C4H8N4/c1-3-5-7-8-6-4-2/h3-4H,1H2,2H3,(H,5,8)/b6-4+. The van der Waals surface area contributed by atoms with Crippen LogP contribution in [0.3, 0.4) is 0 Å². The highest BCUT2D eigenvalue weighted by Crippen LogP contribution is 1.68. The summed E-state index contributed by atoms with van der Waals surface area (Å²) < 4.78 is 0. The lowest BCUT2D eigenvalue weighted by atomic mass is 10.9. The van der Waals surface area contributed by atoms with Crippen molar-refractivity contribution >= 4 is 6.21 Å². The van der Waals surface area contributed by atoms with E-state index in [1.165, 1.54) is 12.4 Å². The van der Waals surface area contributed by atoms with Crippen molar-refractivity contribution in [3.05, 3.63) is 12.8 Å². The summed E-state index contributed by atoms with van der Waals surface area (Å²) in [5.41, 5.74) is 2.39. The molecule has 4 heteroatoms. The van der Waals surface area contributed by atoms with E-state index >= 15 is 0 Å². The van der Waals surface area contributed by atoms with E-state index in [-0.39, 0.29) is 0 Å². The fourth-order valence-electron chi connectivity index (χ4n) is 0.144. The fourth-order valence-corrected chi connectivity index (χ4v) is 0.144. The average Bonchev–Trinajstić information content (AvgIpc) is 1.81. The summed E-state index contributed by atoms with van der Waals surface area (Å²) in [7, 11) is 0. The van der Waals surface area contributed by atoms with Crippen molar-refractivity contribution in [2.45, 2.75) is 6.92 Å². The second-order valence-corrected chi connectivity index (χ2v) is 0.896. The molecule has 0 saturated carbocycles. The largest absolute Gasteiger partial charge is 0.266 e. The molecule has 0 saturated heterocycles. The fraction of sp³-hybridized carbons (Fsp3) is 0.250. The molecule has 0 bridgehead atoms. The molecule has 1 N–H and O–H groups in total. The highest BCUT2D eigenvalue weighted by molar-refractivity contribution is 5.52. The Morgan fingerprint density at radius 2 is 2.38 bits per heavy atom. The van der Waals surface area contributed by atoms with Crippen LogP contribution in [0.1, 0.15) is 6.92 Å². The number of nitrogens with zero attached hydrogens (tertiary/aromatic N) is 3. The molecule has 8 heavy (non-hydrogen) atoms. The summed E-state index contributed by atoms with van der Waals surface area (Å²) in [6.45, 7) is 5.10. The molecule has 0 aromatic heterocycles. The van der Waals surface area contributed by atoms with E-state index in [4.69, 9.17) is 0 Å². The quantitative estimate of drug-likeness (QED) is 0.331. The lowest BCUT2D eigenvalue weighted by Gasteiger charge is -1.77. The van der Waals surface area contributed by atoms with Crippen LogP contribution in [-0.4, -0.2) is 6.21 Å². The van der Waals surface area contributed by atoms with E-state index in [9.17, 15) is 0 Å². The zero-order chi connectivity index (χ0) is 6.24. The van der Waals surface area contributed by atoms with Gasteiger partial charge in [0.2, 0.25) is 0 Å². The van der Waals surface area contributed by atoms with Gasteiger partial charge in [-0.25, -0.2) is 0 Å². The van der Waals surface area contributed by atoms with Gasteiger partial charge in [0.05, 0.1) is 0 Å². The second-order valence-electron chi connectivity index (χ2n) is 0.896. The van der Waals surface area contributed by atoms with Crippen molar-refractivity contribution < 1.29 is 0 Å². The van der Waals surface area contributed by atoms with Crippen molar-refractivity contribution in [1.82, 2.24) is 5.43 Å². The van der Waals surface area contributed by atoms with Crippen LogP contribution in [0.2, 0.25) is 0 Å². The number of nitrogens with one attached hydrogen (secondary N) is 1. The minimum absolute atomic E-state index is 1.41. The molecule has 0 spiro atoms. The molecular weight excluding hydrogens is 104 g/mol. The number of rotatable bonds is 3. The maximum Gasteiger partial charge on any atom is 0.0258 e. The molecule has 0 radical (unpaired) electrons. The van der Waals surface area contributed by atoms with Gasteiger partial charge in [-0.05, 0) is 17.4 Å². The van der Waals surface area contributed by atoms with Crippen molar-refractivity contribution in [3.63, 3.8) is 0 Å². The molecule has 0 aromatic rings. The maximum atomic E-state index is 3.43. The predicted octanol–water partition coefficient (Wildman–Crippen LogP) is 1.09. The molecule has 0 atom stereocenters. The Kier molecular flexibility index (Phi) is 4.95. The zero-order valence-corrected chi connectivity index (χ0v) is 4.70. The van der Waals surface area contributed by atoms with Gasteiger partial charge in [-0.1, -0.05) is 6.58 Å². The third-order valence-electron chi connectivity index (χ3n) is 0.361. The Hall–Kier alpha value is -1.19. The molecule has 0 fully saturated rings. The average molecular weight is 112 g/mol. The zero-order valence-electron chi connectivity index (χ0n) is 4.70. The van der Waals surface area contributed by atoms with Gasteiger partial charge in [-0.3, -0.25) is 5.43 Å². The third kappa shape index (κ3) is 4.81. The molecule has 0 aliphatic heterocycles. The predicted molar refractivity (Wildman–Crippen MR) is 32.4 cm³/mol. The number of hydrogen-bond acceptors (Lipinski definition) is 2. The molecular formula is C4H8N4. The molecule has 0 unspecified atom stereocenters. The molecule has 4 nitrogen and oxygen atoms in total. The minimum Gasteiger partial charge on any atom is -0.266 e. The van der Waals surface area contributed by atoms with E-state index in [1.54, 1.807) is 6.92 Å². The molecule has 0 heterocycles. The van der Waals surface area contributed by atoms with E-state index in [0.29, 0.717) is 0 Å². The first-order valence-corrected chi connectivity index (χ1v) is 2.16. The summed E-state index contributed by atoms with van der Waals surface area (Å²) in [4.78, 5) is 0. The van der Waals surface area contributed by atoms with Crippen LogP contribution in [0.15, 0.2) is 28.3 Å². The lowest BCUT2D eigenvalue weighted by Crippen LogP contribution is -1.86. The topological polar surface area (TPSA) is 49.1 Å². The summed E-state index contributed by atoms with van der Waals surface area (Å²) >= 11 is 0. The van der Waals surface area contributed by atoms with Gasteiger partial charge in [0.25, 0.3) is 0 Å². The first-order chi connectivity index (χ1) is 3.91. The van der Waals surface area contributed by atoms with E-state index < -0.39 is 0 Å².